The normalized spacial score (nSPS) is 28.5. The number of allylic oxidation sites excluding steroid dienone is 1. The van der Waals surface area contributed by atoms with E-state index in [4.69, 9.17) is 0 Å². The number of aliphatic hydroxyl groups excluding tert-OH is 2. The second kappa shape index (κ2) is 13.8. The Kier molecular flexibility index (Phi) is 11.8. The lowest BCUT2D eigenvalue weighted by Crippen LogP contribution is -2.58. The number of aliphatic hydroxyl groups is 2. The van der Waals surface area contributed by atoms with Gasteiger partial charge in [0.25, 0.3) is 0 Å². The van der Waals surface area contributed by atoms with Gasteiger partial charge in [-0.1, -0.05) is 103 Å². The summed E-state index contributed by atoms with van der Waals surface area (Å²) in [7, 11) is 0. The molecule has 28 heavy (non-hydrogen) atoms. The molecule has 0 heterocycles. The third kappa shape index (κ3) is 6.85. The predicted molar refractivity (Wildman–Crippen MR) is 119 cm³/mol. The van der Waals surface area contributed by atoms with Crippen LogP contribution in [-0.4, -0.2) is 35.5 Å². The minimum absolute atomic E-state index is 0.141. The highest BCUT2D eigenvalue weighted by atomic mass is 16.3. The maximum Gasteiger partial charge on any atom is 0.0622 e. The molecule has 0 spiro atoms. The Labute approximate surface area is 174 Å². The summed E-state index contributed by atoms with van der Waals surface area (Å²) in [5, 5.41) is 23.5. The number of hydrogen-bond acceptors (Lipinski definition) is 3. The van der Waals surface area contributed by atoms with Crippen LogP contribution >= 0.6 is 0 Å². The van der Waals surface area contributed by atoms with Gasteiger partial charge in [-0.3, -0.25) is 0 Å². The molecule has 1 fully saturated rings. The number of fused-ring (bicyclic) bond motifs is 2. The second-order valence-electron chi connectivity index (χ2n) is 9.40. The lowest BCUT2D eigenvalue weighted by Gasteiger charge is -2.41. The van der Waals surface area contributed by atoms with E-state index in [2.05, 4.69) is 24.4 Å². The fraction of sp³-hybridized carbons (Fsp3) is 0.920. The lowest BCUT2D eigenvalue weighted by atomic mass is 9.76. The van der Waals surface area contributed by atoms with Crippen LogP contribution in [-0.2, 0) is 0 Å². The summed E-state index contributed by atoms with van der Waals surface area (Å²) in [4.78, 5) is 0. The molecule has 2 rings (SSSR count). The van der Waals surface area contributed by atoms with Crippen LogP contribution in [0.1, 0.15) is 103 Å². The number of unbranched alkanes of at least 4 members (excludes halogenated alkanes) is 13. The SMILES string of the molecule is CCCCCCCCCCCCCCCCN[C@]1(CO)[C@@H]2C=C[C@@H](C2)[C@H]1CO. The van der Waals surface area contributed by atoms with Crippen molar-refractivity contribution in [2.24, 2.45) is 17.8 Å². The maximum absolute atomic E-state index is 10.0. The van der Waals surface area contributed by atoms with Crippen LogP contribution in [0.2, 0.25) is 0 Å². The van der Waals surface area contributed by atoms with Crippen LogP contribution in [0, 0.1) is 17.8 Å². The molecule has 0 aromatic rings. The van der Waals surface area contributed by atoms with E-state index in [0.29, 0.717) is 11.8 Å². The molecule has 2 bridgehead atoms. The molecule has 0 aromatic carbocycles. The van der Waals surface area contributed by atoms with Gasteiger partial charge in [0.15, 0.2) is 0 Å². The average molecular weight is 394 g/mol. The summed E-state index contributed by atoms with van der Waals surface area (Å²) in [6.07, 6.45) is 24.9. The molecule has 0 radical (unpaired) electrons. The molecule has 0 unspecified atom stereocenters. The Bertz CT molecular complexity index is 425. The minimum atomic E-state index is -0.273. The van der Waals surface area contributed by atoms with E-state index < -0.39 is 0 Å². The summed E-state index contributed by atoms with van der Waals surface area (Å²) >= 11 is 0. The van der Waals surface area contributed by atoms with E-state index in [1.165, 1.54) is 89.9 Å². The first-order valence-electron chi connectivity index (χ1n) is 12.4. The first-order valence-corrected chi connectivity index (χ1v) is 12.4. The largest absolute Gasteiger partial charge is 0.396 e. The average Bonchev–Trinajstić information content (AvgIpc) is 3.31. The van der Waals surface area contributed by atoms with Crippen molar-refractivity contribution < 1.29 is 10.2 Å². The van der Waals surface area contributed by atoms with Gasteiger partial charge in [0.1, 0.15) is 0 Å². The van der Waals surface area contributed by atoms with Crippen LogP contribution < -0.4 is 5.32 Å². The minimum Gasteiger partial charge on any atom is -0.396 e. The first kappa shape index (κ1) is 23.9. The molecule has 0 amide bonds. The molecule has 4 atom stereocenters. The summed E-state index contributed by atoms with van der Waals surface area (Å²) in [5.74, 6) is 1.02. The number of hydrogen-bond donors (Lipinski definition) is 3. The molecular weight excluding hydrogens is 346 g/mol. The van der Waals surface area contributed by atoms with Crippen molar-refractivity contribution in [1.82, 2.24) is 5.32 Å². The van der Waals surface area contributed by atoms with E-state index >= 15 is 0 Å². The molecule has 3 N–H and O–H groups in total. The Morgan fingerprint density at radius 2 is 1.32 bits per heavy atom. The topological polar surface area (TPSA) is 52.5 Å². The quantitative estimate of drug-likeness (QED) is 0.210. The predicted octanol–water partition coefficient (Wildman–Crippen LogP) is 5.60. The van der Waals surface area contributed by atoms with E-state index in [1.54, 1.807) is 0 Å². The fourth-order valence-electron chi connectivity index (χ4n) is 5.56. The zero-order valence-electron chi connectivity index (χ0n) is 18.5. The molecule has 0 aromatic heterocycles. The van der Waals surface area contributed by atoms with Crippen LogP contribution in [0.3, 0.4) is 0 Å². The Morgan fingerprint density at radius 1 is 0.786 bits per heavy atom. The summed E-state index contributed by atoms with van der Waals surface area (Å²) in [6.45, 7) is 3.57. The molecule has 0 aliphatic heterocycles. The second-order valence-corrected chi connectivity index (χ2v) is 9.40. The number of nitrogens with one attached hydrogen (secondary N) is 1. The highest BCUT2D eigenvalue weighted by molar-refractivity contribution is 5.23. The maximum atomic E-state index is 10.0. The van der Waals surface area contributed by atoms with Crippen molar-refractivity contribution in [3.8, 4) is 0 Å². The molecule has 164 valence electrons. The van der Waals surface area contributed by atoms with Gasteiger partial charge in [0.2, 0.25) is 0 Å². The van der Waals surface area contributed by atoms with E-state index in [0.717, 1.165) is 13.0 Å². The molecule has 2 aliphatic carbocycles. The van der Waals surface area contributed by atoms with Crippen LogP contribution in [0.25, 0.3) is 0 Å². The van der Waals surface area contributed by atoms with Gasteiger partial charge in [-0.2, -0.15) is 0 Å². The Balaban J connectivity index is 1.41. The van der Waals surface area contributed by atoms with Gasteiger partial charge >= 0.3 is 0 Å². The Morgan fingerprint density at radius 3 is 1.82 bits per heavy atom. The van der Waals surface area contributed by atoms with Gasteiger partial charge in [-0.05, 0) is 31.2 Å². The highest BCUT2D eigenvalue weighted by Gasteiger charge is 2.54. The van der Waals surface area contributed by atoms with E-state index in [-0.39, 0.29) is 24.7 Å². The van der Waals surface area contributed by atoms with Crippen molar-refractivity contribution in [3.63, 3.8) is 0 Å². The van der Waals surface area contributed by atoms with Gasteiger partial charge in [0, 0.05) is 12.5 Å². The lowest BCUT2D eigenvalue weighted by molar-refractivity contribution is 0.0561. The van der Waals surface area contributed by atoms with Crippen LogP contribution in [0.4, 0.5) is 0 Å². The Hall–Kier alpha value is -0.380. The van der Waals surface area contributed by atoms with Crippen molar-refractivity contribution in [3.05, 3.63) is 12.2 Å². The van der Waals surface area contributed by atoms with Gasteiger partial charge in [0.05, 0.1) is 12.1 Å². The van der Waals surface area contributed by atoms with Crippen LogP contribution in [0.15, 0.2) is 12.2 Å². The third-order valence-electron chi connectivity index (χ3n) is 7.40. The van der Waals surface area contributed by atoms with Crippen molar-refractivity contribution in [2.75, 3.05) is 19.8 Å². The van der Waals surface area contributed by atoms with Gasteiger partial charge in [-0.15, -0.1) is 0 Å². The summed E-state index contributed by atoms with van der Waals surface area (Å²) in [6, 6.07) is 0. The summed E-state index contributed by atoms with van der Waals surface area (Å²) in [5.41, 5.74) is -0.273. The highest BCUT2D eigenvalue weighted by Crippen LogP contribution is 2.50. The van der Waals surface area contributed by atoms with Crippen molar-refractivity contribution in [1.29, 1.82) is 0 Å². The zero-order chi connectivity index (χ0) is 20.1. The molecule has 2 aliphatic rings. The molecular formula is C25H47NO2. The van der Waals surface area contributed by atoms with Gasteiger partial charge in [-0.25, -0.2) is 0 Å². The molecule has 3 heteroatoms. The van der Waals surface area contributed by atoms with Crippen molar-refractivity contribution >= 4 is 0 Å². The van der Waals surface area contributed by atoms with Crippen LogP contribution in [0.5, 0.6) is 0 Å². The molecule has 0 saturated heterocycles. The molecule has 3 nitrogen and oxygen atoms in total. The zero-order valence-corrected chi connectivity index (χ0v) is 18.5. The summed E-state index contributed by atoms with van der Waals surface area (Å²) < 4.78 is 0. The third-order valence-corrected chi connectivity index (χ3v) is 7.40. The monoisotopic (exact) mass is 393 g/mol. The first-order chi connectivity index (χ1) is 13.8. The van der Waals surface area contributed by atoms with E-state index in [9.17, 15) is 10.2 Å². The fourth-order valence-corrected chi connectivity index (χ4v) is 5.56. The van der Waals surface area contributed by atoms with Gasteiger partial charge < -0.3 is 15.5 Å². The van der Waals surface area contributed by atoms with E-state index in [1.807, 2.05) is 0 Å². The van der Waals surface area contributed by atoms with Crippen molar-refractivity contribution in [2.45, 2.75) is 109 Å². The smallest absolute Gasteiger partial charge is 0.0622 e. The standard InChI is InChI=1S/C25H47NO2/c1-2-3-4-5-6-7-8-9-10-11-12-13-14-15-18-26-25(21-28)23-17-16-22(19-23)24(25)20-27/h16-17,22-24,26-28H,2-15,18-21H2,1H3/t22-,23+,24+,25+/m0/s1. The molecule has 1 saturated carbocycles. The number of rotatable bonds is 18.